The molecule has 0 aromatic carbocycles. The molecule has 106 valence electrons. The van der Waals surface area contributed by atoms with Crippen molar-refractivity contribution < 1.29 is 4.57 Å². The van der Waals surface area contributed by atoms with Crippen LogP contribution in [0.15, 0.2) is 18.7 Å². The second-order valence-electron chi connectivity index (χ2n) is 6.60. The molecule has 0 saturated heterocycles. The van der Waals surface area contributed by atoms with Crippen LogP contribution in [0.4, 0.5) is 0 Å². The van der Waals surface area contributed by atoms with Crippen molar-refractivity contribution in [1.29, 1.82) is 0 Å². The van der Waals surface area contributed by atoms with Crippen molar-refractivity contribution in [1.82, 2.24) is 4.57 Å². The highest BCUT2D eigenvalue weighted by Gasteiger charge is 2.22. The molecule has 2 aliphatic rings. The van der Waals surface area contributed by atoms with Crippen LogP contribution in [0, 0.1) is 0 Å². The highest BCUT2D eigenvalue weighted by molar-refractivity contribution is 4.78. The lowest BCUT2D eigenvalue weighted by Crippen LogP contribution is -2.37. The van der Waals surface area contributed by atoms with Gasteiger partial charge in [0.15, 0.2) is 0 Å². The molecule has 19 heavy (non-hydrogen) atoms. The summed E-state index contributed by atoms with van der Waals surface area (Å²) in [5.41, 5.74) is 0. The second kappa shape index (κ2) is 6.58. The molecule has 1 aromatic rings. The molecule has 1 heterocycles. The summed E-state index contributed by atoms with van der Waals surface area (Å²) in [6.45, 7) is 0. The van der Waals surface area contributed by atoms with Crippen molar-refractivity contribution in [3.8, 4) is 0 Å². The van der Waals surface area contributed by atoms with Crippen LogP contribution in [0.25, 0.3) is 0 Å². The number of hydrogen-bond donors (Lipinski definition) is 0. The van der Waals surface area contributed by atoms with Gasteiger partial charge in [-0.3, -0.25) is 0 Å². The van der Waals surface area contributed by atoms with E-state index in [9.17, 15) is 0 Å². The summed E-state index contributed by atoms with van der Waals surface area (Å²) < 4.78 is 5.02. The Morgan fingerprint density at radius 3 is 1.95 bits per heavy atom. The Kier molecular flexibility index (Phi) is 4.58. The summed E-state index contributed by atoms with van der Waals surface area (Å²) in [7, 11) is 0. The fourth-order valence-electron chi connectivity index (χ4n) is 3.93. The van der Waals surface area contributed by atoms with E-state index in [2.05, 4.69) is 27.9 Å². The summed E-state index contributed by atoms with van der Waals surface area (Å²) >= 11 is 0. The van der Waals surface area contributed by atoms with Crippen molar-refractivity contribution in [2.24, 2.45) is 0 Å². The smallest absolute Gasteiger partial charge is 0.234 e. The van der Waals surface area contributed by atoms with Gasteiger partial charge in [-0.25, -0.2) is 9.13 Å². The van der Waals surface area contributed by atoms with E-state index in [1.54, 1.807) is 0 Å². The molecule has 2 heteroatoms. The van der Waals surface area contributed by atoms with E-state index in [0.29, 0.717) is 0 Å². The van der Waals surface area contributed by atoms with Gasteiger partial charge in [0.2, 0.25) is 6.33 Å². The first-order valence-electron chi connectivity index (χ1n) is 8.52. The van der Waals surface area contributed by atoms with Gasteiger partial charge in [0.05, 0.1) is 0 Å². The van der Waals surface area contributed by atoms with E-state index in [1.165, 1.54) is 77.0 Å². The quantitative estimate of drug-likeness (QED) is 0.545. The lowest BCUT2D eigenvalue weighted by molar-refractivity contribution is -0.724. The van der Waals surface area contributed by atoms with Crippen molar-refractivity contribution in [3.05, 3.63) is 18.7 Å². The summed E-state index contributed by atoms with van der Waals surface area (Å²) in [4.78, 5) is 0. The zero-order valence-corrected chi connectivity index (χ0v) is 12.3. The summed E-state index contributed by atoms with van der Waals surface area (Å²) in [6, 6.07) is 1.55. The molecule has 0 spiro atoms. The Morgan fingerprint density at radius 2 is 1.32 bits per heavy atom. The van der Waals surface area contributed by atoms with Crippen LogP contribution in [0.5, 0.6) is 0 Å². The molecule has 0 atom stereocenters. The van der Waals surface area contributed by atoms with Gasteiger partial charge in [-0.05, 0) is 51.4 Å². The van der Waals surface area contributed by atoms with Crippen LogP contribution in [0.2, 0.25) is 0 Å². The largest absolute Gasteiger partial charge is 0.244 e. The van der Waals surface area contributed by atoms with Crippen LogP contribution >= 0.6 is 0 Å². The minimum atomic E-state index is 0.773. The molecule has 1 aromatic heterocycles. The summed E-state index contributed by atoms with van der Waals surface area (Å²) in [5, 5.41) is 0. The molecule has 2 saturated carbocycles. The van der Waals surface area contributed by atoms with Crippen LogP contribution in [0.3, 0.4) is 0 Å². The predicted molar refractivity (Wildman–Crippen MR) is 78.1 cm³/mol. The summed E-state index contributed by atoms with van der Waals surface area (Å²) in [6.07, 6.45) is 24.1. The number of aromatic nitrogens is 2. The molecule has 3 rings (SSSR count). The number of hydrogen-bond acceptors (Lipinski definition) is 0. The van der Waals surface area contributed by atoms with E-state index in [4.69, 9.17) is 0 Å². The van der Waals surface area contributed by atoms with Crippen LogP contribution < -0.4 is 4.57 Å². The fourth-order valence-corrected chi connectivity index (χ4v) is 3.93. The third-order valence-electron chi connectivity index (χ3n) is 5.17. The molecule has 0 amide bonds. The number of imidazole rings is 1. The van der Waals surface area contributed by atoms with E-state index in [1.807, 2.05) is 0 Å². The molecule has 0 N–H and O–H groups in total. The Morgan fingerprint density at radius 1 is 0.737 bits per heavy atom. The first kappa shape index (κ1) is 13.2. The SMILES string of the molecule is c1c[n+](C2CCCCCC2)cn1C1CCCCCC1. The Labute approximate surface area is 117 Å². The number of rotatable bonds is 2. The number of nitrogens with zero attached hydrogens (tertiary/aromatic N) is 2. The average Bonchev–Trinajstić information content (AvgIpc) is 2.67. The van der Waals surface area contributed by atoms with Crippen molar-refractivity contribution >= 4 is 0 Å². The van der Waals surface area contributed by atoms with Crippen LogP contribution in [-0.2, 0) is 0 Å². The van der Waals surface area contributed by atoms with E-state index >= 15 is 0 Å². The molecular weight excluding hydrogens is 232 g/mol. The van der Waals surface area contributed by atoms with E-state index in [0.717, 1.165) is 12.1 Å². The van der Waals surface area contributed by atoms with Gasteiger partial charge in [-0.1, -0.05) is 25.7 Å². The van der Waals surface area contributed by atoms with Gasteiger partial charge in [0, 0.05) is 0 Å². The topological polar surface area (TPSA) is 8.81 Å². The highest BCUT2D eigenvalue weighted by Crippen LogP contribution is 2.27. The van der Waals surface area contributed by atoms with Crippen molar-refractivity contribution in [2.45, 2.75) is 89.1 Å². The second-order valence-corrected chi connectivity index (χ2v) is 6.60. The minimum Gasteiger partial charge on any atom is -0.234 e. The minimum absolute atomic E-state index is 0.773. The molecule has 0 aliphatic heterocycles. The van der Waals surface area contributed by atoms with Gasteiger partial charge in [0.25, 0.3) is 0 Å². The van der Waals surface area contributed by atoms with Gasteiger partial charge >= 0.3 is 0 Å². The Bertz CT molecular complexity index is 332. The van der Waals surface area contributed by atoms with E-state index in [-0.39, 0.29) is 0 Å². The molecule has 2 fully saturated rings. The zero-order chi connectivity index (χ0) is 12.9. The zero-order valence-electron chi connectivity index (χ0n) is 12.3. The third kappa shape index (κ3) is 3.40. The maximum Gasteiger partial charge on any atom is 0.244 e. The highest BCUT2D eigenvalue weighted by atomic mass is 15.1. The Hall–Kier alpha value is -0.790. The molecule has 0 unspecified atom stereocenters. The first-order chi connectivity index (χ1) is 9.43. The third-order valence-corrected chi connectivity index (χ3v) is 5.17. The lowest BCUT2D eigenvalue weighted by atomic mass is 10.1. The molecule has 0 bridgehead atoms. The molecule has 2 nitrogen and oxygen atoms in total. The van der Waals surface area contributed by atoms with E-state index < -0.39 is 0 Å². The van der Waals surface area contributed by atoms with Crippen LogP contribution in [-0.4, -0.2) is 4.57 Å². The maximum absolute atomic E-state index is 2.51. The van der Waals surface area contributed by atoms with Gasteiger partial charge < -0.3 is 0 Å². The average molecular weight is 261 g/mol. The van der Waals surface area contributed by atoms with Crippen LogP contribution in [0.1, 0.15) is 89.1 Å². The summed E-state index contributed by atoms with van der Waals surface area (Å²) in [5.74, 6) is 0. The van der Waals surface area contributed by atoms with Crippen molar-refractivity contribution in [2.75, 3.05) is 0 Å². The maximum atomic E-state index is 2.51. The van der Waals surface area contributed by atoms with Gasteiger partial charge in [-0.2, -0.15) is 0 Å². The van der Waals surface area contributed by atoms with Gasteiger partial charge in [0.1, 0.15) is 24.5 Å². The molecule has 0 radical (unpaired) electrons. The predicted octanol–water partition coefficient (Wildman–Crippen LogP) is 4.57. The first-order valence-corrected chi connectivity index (χ1v) is 8.52. The lowest BCUT2D eigenvalue weighted by Gasteiger charge is -2.12. The Balaban J connectivity index is 1.67. The molecular formula is C17H29N2+. The fraction of sp³-hybridized carbons (Fsp3) is 0.824. The monoisotopic (exact) mass is 261 g/mol. The van der Waals surface area contributed by atoms with Gasteiger partial charge in [-0.15, -0.1) is 0 Å². The standard InChI is InChI=1S/C17H29N2/c1-2-6-10-16(9-5-1)18-13-14-19(15-18)17-11-7-3-4-8-12-17/h13-17H,1-12H2/q+1. The normalized spacial score (nSPS) is 24.0. The van der Waals surface area contributed by atoms with Crippen molar-refractivity contribution in [3.63, 3.8) is 0 Å². The molecule has 2 aliphatic carbocycles.